The highest BCUT2D eigenvalue weighted by Crippen LogP contribution is 2.25. The number of nitrogens with two attached hydrogens (primary N) is 1. The summed E-state index contributed by atoms with van der Waals surface area (Å²) in [6.07, 6.45) is 0.563. The lowest BCUT2D eigenvalue weighted by atomic mass is 10.2. The molecule has 8 heteroatoms. The molecule has 0 fully saturated rings. The van der Waals surface area contributed by atoms with E-state index in [2.05, 4.69) is 31.4 Å². The molecule has 0 spiro atoms. The first kappa shape index (κ1) is 14.4. The molecule has 0 aliphatic heterocycles. The Labute approximate surface area is 121 Å². The minimum atomic E-state index is -0.893. The molecular formula is C12H11BrF2N4O. The van der Waals surface area contributed by atoms with Crippen molar-refractivity contribution >= 4 is 33.2 Å². The van der Waals surface area contributed by atoms with E-state index in [9.17, 15) is 13.6 Å². The summed E-state index contributed by atoms with van der Waals surface area (Å²) in [5.41, 5.74) is 5.84. The van der Waals surface area contributed by atoms with Gasteiger partial charge >= 0.3 is 0 Å². The monoisotopic (exact) mass is 344 g/mol. The molecule has 4 N–H and O–H groups in total. The molecule has 0 radical (unpaired) electrons. The molecule has 0 unspecified atom stereocenters. The van der Waals surface area contributed by atoms with Crippen LogP contribution in [0.4, 0.5) is 20.2 Å². The number of benzene rings is 1. The van der Waals surface area contributed by atoms with Crippen molar-refractivity contribution in [1.29, 1.82) is 0 Å². The highest BCUT2D eigenvalue weighted by molar-refractivity contribution is 9.10. The van der Waals surface area contributed by atoms with Crippen LogP contribution in [0.3, 0.4) is 0 Å². The summed E-state index contributed by atoms with van der Waals surface area (Å²) in [5, 5.41) is 8.47. The van der Waals surface area contributed by atoms with Crippen LogP contribution in [-0.4, -0.2) is 16.1 Å². The quantitative estimate of drug-likeness (QED) is 0.800. The van der Waals surface area contributed by atoms with Crippen molar-refractivity contribution in [3.8, 4) is 0 Å². The fraction of sp³-hybridized carbons (Fsp3) is 0.167. The SMILES string of the molecule is CCc1[nH]nc(C(=O)Nc2c(F)cc(Br)cc2F)c1N. The Kier molecular flexibility index (Phi) is 4.03. The van der Waals surface area contributed by atoms with Gasteiger partial charge in [-0.1, -0.05) is 22.9 Å². The Morgan fingerprint density at radius 3 is 2.55 bits per heavy atom. The number of nitrogen functional groups attached to an aromatic ring is 1. The van der Waals surface area contributed by atoms with E-state index in [1.807, 2.05) is 6.92 Å². The second-order valence-electron chi connectivity index (χ2n) is 4.02. The van der Waals surface area contributed by atoms with Crippen LogP contribution in [0.2, 0.25) is 0 Å². The first-order valence-corrected chi connectivity index (χ1v) is 6.52. The van der Waals surface area contributed by atoms with E-state index in [-0.39, 0.29) is 15.9 Å². The third-order valence-electron chi connectivity index (χ3n) is 2.70. The molecule has 1 heterocycles. The van der Waals surface area contributed by atoms with Gasteiger partial charge in [0.2, 0.25) is 0 Å². The number of amides is 1. The van der Waals surface area contributed by atoms with E-state index in [4.69, 9.17) is 5.73 Å². The van der Waals surface area contributed by atoms with Crippen molar-refractivity contribution in [2.45, 2.75) is 13.3 Å². The lowest BCUT2D eigenvalue weighted by Crippen LogP contribution is -2.16. The predicted molar refractivity (Wildman–Crippen MR) is 74.4 cm³/mol. The standard InChI is InChI=1S/C12H11BrF2N4O/c1-2-8-9(16)11(19-18-8)12(20)17-10-6(14)3-5(13)4-7(10)15/h3-4H,2,16H2,1H3,(H,17,20)(H,18,19). The third-order valence-corrected chi connectivity index (χ3v) is 3.15. The fourth-order valence-corrected chi connectivity index (χ4v) is 2.07. The van der Waals surface area contributed by atoms with Gasteiger partial charge in [-0.25, -0.2) is 8.78 Å². The number of nitrogens with zero attached hydrogens (tertiary/aromatic N) is 1. The molecule has 0 saturated carbocycles. The Balaban J connectivity index is 2.30. The van der Waals surface area contributed by atoms with E-state index in [1.54, 1.807) is 0 Å². The average Bonchev–Trinajstić information content (AvgIpc) is 2.74. The van der Waals surface area contributed by atoms with Crippen LogP contribution < -0.4 is 11.1 Å². The number of aromatic nitrogens is 2. The van der Waals surface area contributed by atoms with Gasteiger partial charge in [-0.15, -0.1) is 0 Å². The zero-order valence-electron chi connectivity index (χ0n) is 10.4. The van der Waals surface area contributed by atoms with Crippen molar-refractivity contribution in [1.82, 2.24) is 10.2 Å². The summed E-state index contributed by atoms with van der Waals surface area (Å²) >= 11 is 2.95. The van der Waals surface area contributed by atoms with Gasteiger partial charge in [-0.05, 0) is 18.6 Å². The normalized spacial score (nSPS) is 10.6. The molecular weight excluding hydrogens is 334 g/mol. The van der Waals surface area contributed by atoms with Crippen LogP contribution in [0.25, 0.3) is 0 Å². The van der Waals surface area contributed by atoms with Crippen molar-refractivity contribution in [2.75, 3.05) is 11.1 Å². The number of H-pyrrole nitrogens is 1. The summed E-state index contributed by atoms with van der Waals surface area (Å²) in [5.74, 6) is -2.57. The average molecular weight is 345 g/mol. The number of hydrogen-bond acceptors (Lipinski definition) is 3. The zero-order chi connectivity index (χ0) is 14.9. The molecule has 0 aliphatic rings. The Morgan fingerprint density at radius 2 is 2.05 bits per heavy atom. The smallest absolute Gasteiger partial charge is 0.278 e. The molecule has 0 bridgehead atoms. The number of halogens is 3. The van der Waals surface area contributed by atoms with E-state index in [1.165, 1.54) is 0 Å². The van der Waals surface area contributed by atoms with Crippen LogP contribution in [0.15, 0.2) is 16.6 Å². The Morgan fingerprint density at radius 1 is 1.45 bits per heavy atom. The third kappa shape index (κ3) is 2.64. The number of carbonyl (C=O) groups is 1. The molecule has 2 aromatic rings. The predicted octanol–water partition coefficient (Wildman–Crippen LogP) is 2.85. The molecule has 1 aromatic carbocycles. The van der Waals surface area contributed by atoms with Crippen molar-refractivity contribution in [3.05, 3.63) is 39.6 Å². The minimum Gasteiger partial charge on any atom is -0.395 e. The molecule has 20 heavy (non-hydrogen) atoms. The first-order valence-electron chi connectivity index (χ1n) is 5.72. The molecule has 1 aromatic heterocycles. The zero-order valence-corrected chi connectivity index (χ0v) is 12.0. The summed E-state index contributed by atoms with van der Waals surface area (Å²) in [7, 11) is 0. The molecule has 0 aliphatic carbocycles. The van der Waals surface area contributed by atoms with Crippen molar-refractivity contribution in [2.24, 2.45) is 0 Å². The maximum absolute atomic E-state index is 13.6. The second-order valence-corrected chi connectivity index (χ2v) is 4.93. The highest BCUT2D eigenvalue weighted by Gasteiger charge is 2.20. The minimum absolute atomic E-state index is 0.0939. The number of hydrogen-bond donors (Lipinski definition) is 3. The first-order chi connectivity index (χ1) is 9.43. The largest absolute Gasteiger partial charge is 0.395 e. The Bertz CT molecular complexity index is 648. The van der Waals surface area contributed by atoms with E-state index in [0.29, 0.717) is 12.1 Å². The van der Waals surface area contributed by atoms with Gasteiger partial charge in [0.05, 0.1) is 11.4 Å². The van der Waals surface area contributed by atoms with Gasteiger partial charge in [-0.2, -0.15) is 5.10 Å². The highest BCUT2D eigenvalue weighted by atomic mass is 79.9. The van der Waals surface area contributed by atoms with Gasteiger partial charge < -0.3 is 11.1 Å². The molecule has 0 atom stereocenters. The molecule has 1 amide bonds. The number of nitrogens with one attached hydrogen (secondary N) is 2. The number of aryl methyl sites for hydroxylation is 1. The van der Waals surface area contributed by atoms with Gasteiger partial charge in [0.25, 0.3) is 5.91 Å². The molecule has 0 saturated heterocycles. The summed E-state index contributed by atoms with van der Waals surface area (Å²) < 4.78 is 27.5. The van der Waals surface area contributed by atoms with Gasteiger partial charge in [0.1, 0.15) is 5.69 Å². The maximum Gasteiger partial charge on any atom is 0.278 e. The van der Waals surface area contributed by atoms with Crippen LogP contribution in [0.1, 0.15) is 23.1 Å². The summed E-state index contributed by atoms with van der Waals surface area (Å²) in [6.45, 7) is 1.83. The fourth-order valence-electron chi connectivity index (χ4n) is 1.66. The van der Waals surface area contributed by atoms with E-state index >= 15 is 0 Å². The number of carbonyl (C=O) groups excluding carboxylic acids is 1. The van der Waals surface area contributed by atoms with Gasteiger partial charge in [-0.3, -0.25) is 9.89 Å². The van der Waals surface area contributed by atoms with Crippen molar-refractivity contribution in [3.63, 3.8) is 0 Å². The number of rotatable bonds is 3. The van der Waals surface area contributed by atoms with Gasteiger partial charge in [0, 0.05) is 4.47 Å². The van der Waals surface area contributed by atoms with Crippen molar-refractivity contribution < 1.29 is 13.6 Å². The van der Waals surface area contributed by atoms with Crippen LogP contribution in [0.5, 0.6) is 0 Å². The van der Waals surface area contributed by atoms with Crippen LogP contribution in [-0.2, 0) is 6.42 Å². The maximum atomic E-state index is 13.6. The summed E-state index contributed by atoms with van der Waals surface area (Å²) in [6, 6.07) is 2.09. The van der Waals surface area contributed by atoms with E-state index in [0.717, 1.165) is 12.1 Å². The van der Waals surface area contributed by atoms with Gasteiger partial charge in [0.15, 0.2) is 17.3 Å². The topological polar surface area (TPSA) is 83.8 Å². The molecule has 5 nitrogen and oxygen atoms in total. The number of aromatic amines is 1. The van der Waals surface area contributed by atoms with Crippen LogP contribution in [0, 0.1) is 11.6 Å². The Hall–Kier alpha value is -1.96. The van der Waals surface area contributed by atoms with Crippen LogP contribution >= 0.6 is 15.9 Å². The molecule has 106 valence electrons. The second kappa shape index (κ2) is 5.58. The molecule has 2 rings (SSSR count). The lowest BCUT2D eigenvalue weighted by Gasteiger charge is -2.07. The summed E-state index contributed by atoms with van der Waals surface area (Å²) in [4.78, 5) is 11.9. The van der Waals surface area contributed by atoms with E-state index < -0.39 is 23.2 Å². The lowest BCUT2D eigenvalue weighted by molar-refractivity contribution is 0.102. The number of anilines is 2.